The van der Waals surface area contributed by atoms with E-state index in [9.17, 15) is 4.79 Å². The average Bonchev–Trinajstić information content (AvgIpc) is 2.91. The Morgan fingerprint density at radius 3 is 2.60 bits per heavy atom. The van der Waals surface area contributed by atoms with Gasteiger partial charge in [-0.05, 0) is 37.6 Å². The second kappa shape index (κ2) is 7.05. The molecule has 4 nitrogen and oxygen atoms in total. The predicted octanol–water partition coefficient (Wildman–Crippen LogP) is 3.01. The Morgan fingerprint density at radius 2 is 1.90 bits per heavy atom. The number of thiophene rings is 1. The fourth-order valence-electron chi connectivity index (χ4n) is 1.81. The molecule has 0 saturated heterocycles. The molecule has 0 saturated carbocycles. The molecule has 0 unspecified atom stereocenters. The summed E-state index contributed by atoms with van der Waals surface area (Å²) in [5, 5.41) is 5.66. The lowest BCUT2D eigenvalue weighted by Gasteiger charge is -2.06. The molecule has 0 radical (unpaired) electrons. The molecule has 2 heterocycles. The number of carbonyl (C=O) groups is 1. The minimum Gasteiger partial charge on any atom is -0.333 e. The first-order chi connectivity index (χ1) is 9.67. The number of urea groups is 1. The van der Waals surface area contributed by atoms with Gasteiger partial charge >= 0.3 is 6.03 Å². The summed E-state index contributed by atoms with van der Waals surface area (Å²) in [6, 6.07) is 9.78. The predicted molar refractivity (Wildman–Crippen MR) is 81.7 cm³/mol. The number of hydrogen-bond donors (Lipinski definition) is 2. The van der Waals surface area contributed by atoms with Gasteiger partial charge in [0.1, 0.15) is 0 Å². The highest BCUT2D eigenvalue weighted by Crippen LogP contribution is 2.16. The van der Waals surface area contributed by atoms with Crippen molar-refractivity contribution in [2.24, 2.45) is 0 Å². The molecule has 0 fully saturated rings. The fraction of sp³-hybridized carbons (Fsp3) is 0.333. The number of aryl methyl sites for hydroxylation is 2. The van der Waals surface area contributed by atoms with Crippen LogP contribution in [0.25, 0.3) is 0 Å². The smallest absolute Gasteiger partial charge is 0.315 e. The molecule has 0 aliphatic carbocycles. The summed E-state index contributed by atoms with van der Waals surface area (Å²) in [6.45, 7) is 5.08. The molecule has 0 aliphatic heterocycles. The van der Waals surface area contributed by atoms with Crippen LogP contribution in [0.3, 0.4) is 0 Å². The monoisotopic (exact) mass is 289 g/mol. The van der Waals surface area contributed by atoms with Crippen LogP contribution in [-0.4, -0.2) is 11.0 Å². The van der Waals surface area contributed by atoms with Gasteiger partial charge in [-0.1, -0.05) is 13.0 Å². The summed E-state index contributed by atoms with van der Waals surface area (Å²) in [5.41, 5.74) is 1.82. The number of nitrogens with zero attached hydrogens (tertiary/aromatic N) is 1. The zero-order chi connectivity index (χ0) is 14.4. The Morgan fingerprint density at radius 1 is 1.15 bits per heavy atom. The second-order valence-electron chi connectivity index (χ2n) is 4.53. The van der Waals surface area contributed by atoms with E-state index >= 15 is 0 Å². The third kappa shape index (κ3) is 4.35. The van der Waals surface area contributed by atoms with Crippen molar-refractivity contribution in [3.8, 4) is 0 Å². The first kappa shape index (κ1) is 14.5. The molecule has 2 aromatic heterocycles. The average molecular weight is 289 g/mol. The normalized spacial score (nSPS) is 10.3. The molecule has 5 heteroatoms. The van der Waals surface area contributed by atoms with Crippen LogP contribution in [0.15, 0.2) is 30.3 Å². The number of aromatic nitrogens is 1. The van der Waals surface area contributed by atoms with Crippen molar-refractivity contribution >= 4 is 17.4 Å². The molecule has 20 heavy (non-hydrogen) atoms. The molecule has 2 N–H and O–H groups in total. The molecule has 0 spiro atoms. The van der Waals surface area contributed by atoms with E-state index in [2.05, 4.69) is 34.7 Å². The van der Waals surface area contributed by atoms with Gasteiger partial charge in [0.2, 0.25) is 0 Å². The van der Waals surface area contributed by atoms with Gasteiger partial charge in [-0.25, -0.2) is 4.79 Å². The summed E-state index contributed by atoms with van der Waals surface area (Å²) in [4.78, 5) is 18.6. The van der Waals surface area contributed by atoms with Crippen LogP contribution in [0, 0.1) is 6.92 Å². The summed E-state index contributed by atoms with van der Waals surface area (Å²) in [5.74, 6) is 0. The molecule has 2 aromatic rings. The minimum atomic E-state index is -0.167. The zero-order valence-corrected chi connectivity index (χ0v) is 12.6. The van der Waals surface area contributed by atoms with Gasteiger partial charge in [0.25, 0.3) is 0 Å². The van der Waals surface area contributed by atoms with E-state index < -0.39 is 0 Å². The van der Waals surface area contributed by atoms with E-state index in [1.807, 2.05) is 25.1 Å². The summed E-state index contributed by atoms with van der Waals surface area (Å²) >= 11 is 1.74. The van der Waals surface area contributed by atoms with Gasteiger partial charge in [0.05, 0.1) is 18.8 Å². The number of hydrogen-bond acceptors (Lipinski definition) is 3. The maximum Gasteiger partial charge on any atom is 0.315 e. The Kier molecular flexibility index (Phi) is 5.12. The van der Waals surface area contributed by atoms with E-state index in [4.69, 9.17) is 0 Å². The number of rotatable bonds is 5. The van der Waals surface area contributed by atoms with Crippen molar-refractivity contribution in [2.45, 2.75) is 33.4 Å². The lowest BCUT2D eigenvalue weighted by atomic mass is 10.3. The van der Waals surface area contributed by atoms with Gasteiger partial charge in [0.15, 0.2) is 0 Å². The van der Waals surface area contributed by atoms with Crippen molar-refractivity contribution in [1.82, 2.24) is 15.6 Å². The highest BCUT2D eigenvalue weighted by molar-refractivity contribution is 7.11. The molecule has 0 atom stereocenters. The molecule has 0 bridgehead atoms. The SMILES string of the molecule is CCc1ccc(CNC(=O)NCc2cccc(C)n2)s1. The van der Waals surface area contributed by atoms with Crippen LogP contribution < -0.4 is 10.6 Å². The standard InChI is InChI=1S/C15H19N3OS/c1-3-13-7-8-14(20-13)10-17-15(19)16-9-12-6-4-5-11(2)18-12/h4-8H,3,9-10H2,1-2H3,(H2,16,17,19). The fourth-order valence-corrected chi connectivity index (χ4v) is 2.70. The Labute approximate surface area is 123 Å². The van der Waals surface area contributed by atoms with Crippen LogP contribution in [-0.2, 0) is 19.5 Å². The number of carbonyl (C=O) groups excluding carboxylic acids is 1. The quantitative estimate of drug-likeness (QED) is 0.889. The van der Waals surface area contributed by atoms with Crippen molar-refractivity contribution in [1.29, 1.82) is 0 Å². The molecule has 0 aliphatic rings. The highest BCUT2D eigenvalue weighted by Gasteiger charge is 2.03. The Hall–Kier alpha value is -1.88. The van der Waals surface area contributed by atoms with E-state index in [-0.39, 0.29) is 6.03 Å². The molecular weight excluding hydrogens is 270 g/mol. The zero-order valence-electron chi connectivity index (χ0n) is 11.8. The van der Waals surface area contributed by atoms with E-state index in [0.717, 1.165) is 17.8 Å². The minimum absolute atomic E-state index is 0.167. The number of pyridine rings is 1. The molecule has 2 amide bonds. The number of nitrogens with one attached hydrogen (secondary N) is 2. The maximum atomic E-state index is 11.7. The number of amides is 2. The topological polar surface area (TPSA) is 54.0 Å². The molecule has 106 valence electrons. The summed E-state index contributed by atoms with van der Waals surface area (Å²) < 4.78 is 0. The highest BCUT2D eigenvalue weighted by atomic mass is 32.1. The largest absolute Gasteiger partial charge is 0.333 e. The molecular formula is C15H19N3OS. The van der Waals surface area contributed by atoms with Crippen LogP contribution in [0.5, 0.6) is 0 Å². The van der Waals surface area contributed by atoms with Crippen LogP contribution in [0.4, 0.5) is 4.79 Å². The molecule has 0 aromatic carbocycles. The van der Waals surface area contributed by atoms with Gasteiger partial charge in [0, 0.05) is 15.4 Å². The van der Waals surface area contributed by atoms with Crippen LogP contribution >= 0.6 is 11.3 Å². The lowest BCUT2D eigenvalue weighted by Crippen LogP contribution is -2.34. The first-order valence-corrected chi connectivity index (χ1v) is 7.51. The van der Waals surface area contributed by atoms with Crippen molar-refractivity contribution in [3.05, 3.63) is 51.5 Å². The Balaban J connectivity index is 1.75. The van der Waals surface area contributed by atoms with E-state index in [1.54, 1.807) is 11.3 Å². The lowest BCUT2D eigenvalue weighted by molar-refractivity contribution is 0.240. The Bertz CT molecular complexity index is 580. The van der Waals surface area contributed by atoms with Crippen molar-refractivity contribution in [3.63, 3.8) is 0 Å². The maximum absolute atomic E-state index is 11.7. The third-order valence-electron chi connectivity index (χ3n) is 2.87. The molecule has 2 rings (SSSR count). The van der Waals surface area contributed by atoms with Crippen molar-refractivity contribution in [2.75, 3.05) is 0 Å². The van der Waals surface area contributed by atoms with Gasteiger partial charge in [-0.3, -0.25) is 4.98 Å². The van der Waals surface area contributed by atoms with Gasteiger partial charge in [-0.2, -0.15) is 0 Å². The van der Waals surface area contributed by atoms with Gasteiger partial charge in [-0.15, -0.1) is 11.3 Å². The van der Waals surface area contributed by atoms with Gasteiger partial charge < -0.3 is 10.6 Å². The van der Waals surface area contributed by atoms with Crippen LogP contribution in [0.1, 0.15) is 28.1 Å². The summed E-state index contributed by atoms with van der Waals surface area (Å²) in [6.07, 6.45) is 1.04. The summed E-state index contributed by atoms with van der Waals surface area (Å²) in [7, 11) is 0. The van der Waals surface area contributed by atoms with E-state index in [0.29, 0.717) is 13.1 Å². The second-order valence-corrected chi connectivity index (χ2v) is 5.78. The van der Waals surface area contributed by atoms with E-state index in [1.165, 1.54) is 9.75 Å². The van der Waals surface area contributed by atoms with Crippen LogP contribution in [0.2, 0.25) is 0 Å². The van der Waals surface area contributed by atoms with Crippen molar-refractivity contribution < 1.29 is 4.79 Å². The first-order valence-electron chi connectivity index (χ1n) is 6.69. The third-order valence-corrected chi connectivity index (χ3v) is 4.09.